The minimum Gasteiger partial charge on any atom is -0.471 e. The molecule has 1 aromatic heterocycles. The average molecular weight is 510 g/mol. The lowest BCUT2D eigenvalue weighted by atomic mass is 9.73. The number of nitrogens with one attached hydrogen (secondary N) is 2. The molecule has 1 aliphatic heterocycles. The lowest BCUT2D eigenvalue weighted by Gasteiger charge is -2.47. The van der Waals surface area contributed by atoms with Gasteiger partial charge in [0.1, 0.15) is 5.60 Å². The number of aromatic nitrogens is 1. The van der Waals surface area contributed by atoms with Gasteiger partial charge in [-0.25, -0.2) is 4.98 Å². The standard InChI is InChI=1S/C29H36ClN3O3/c1-5-28(3,4)15-21-13-23-25(16-29(11-6-12-29)36-27(23)32-17-21)31-18-26(35)24(33-19(2)34)14-20-7-9-22(30)10-8-20/h1,7-10,13,17,24-26,31,35H,6,11-12,14-16,18H2,2-4H3,(H,33,34)/t24-,25-,26+/m0/s1. The summed E-state index contributed by atoms with van der Waals surface area (Å²) in [4.78, 5) is 16.5. The molecule has 2 heterocycles. The number of aliphatic hydroxyl groups excluding tert-OH is 1. The number of ether oxygens (including phenoxy) is 1. The molecule has 2 aliphatic rings. The molecular formula is C29H36ClN3O3. The number of aliphatic hydroxyl groups is 1. The second kappa shape index (κ2) is 10.8. The van der Waals surface area contributed by atoms with Gasteiger partial charge in [-0.2, -0.15) is 0 Å². The number of hydrogen-bond acceptors (Lipinski definition) is 5. The number of fused-ring (bicyclic) bond motifs is 1. The Morgan fingerprint density at radius 1 is 1.33 bits per heavy atom. The van der Waals surface area contributed by atoms with Crippen molar-refractivity contribution in [3.05, 3.63) is 58.2 Å². The first kappa shape index (κ1) is 26.5. The lowest BCUT2D eigenvalue weighted by Crippen LogP contribution is -2.52. The van der Waals surface area contributed by atoms with Crippen molar-refractivity contribution < 1.29 is 14.6 Å². The normalized spacial score (nSPS) is 19.8. The third-order valence-corrected chi connectivity index (χ3v) is 7.55. The van der Waals surface area contributed by atoms with Crippen molar-refractivity contribution in [3.63, 3.8) is 0 Å². The van der Waals surface area contributed by atoms with Gasteiger partial charge in [0, 0.05) is 48.1 Å². The van der Waals surface area contributed by atoms with Crippen LogP contribution in [0.2, 0.25) is 5.02 Å². The zero-order valence-corrected chi connectivity index (χ0v) is 22.1. The summed E-state index contributed by atoms with van der Waals surface area (Å²) in [7, 11) is 0. The van der Waals surface area contributed by atoms with E-state index in [0.29, 0.717) is 23.9 Å². The number of amides is 1. The Balaban J connectivity index is 1.50. The van der Waals surface area contributed by atoms with E-state index in [4.69, 9.17) is 22.8 Å². The fourth-order valence-corrected chi connectivity index (χ4v) is 5.25. The maximum absolute atomic E-state index is 11.9. The third kappa shape index (κ3) is 6.39. The van der Waals surface area contributed by atoms with E-state index >= 15 is 0 Å². The largest absolute Gasteiger partial charge is 0.471 e. The predicted molar refractivity (Wildman–Crippen MR) is 142 cm³/mol. The van der Waals surface area contributed by atoms with Crippen LogP contribution in [0.3, 0.4) is 0 Å². The Hall–Kier alpha value is -2.59. The molecule has 3 N–H and O–H groups in total. The monoisotopic (exact) mass is 509 g/mol. The SMILES string of the molecule is C#CC(C)(C)Cc1cnc2c(c1)[C@@H](NC[C@@H](O)[C@H](Cc1ccc(Cl)cc1)NC(C)=O)CC1(CCC1)O2. The number of terminal acetylenes is 1. The van der Waals surface area contributed by atoms with Gasteiger partial charge in [-0.05, 0) is 75.3 Å². The minimum atomic E-state index is -0.787. The molecule has 1 amide bonds. The average Bonchev–Trinajstić information content (AvgIpc) is 2.81. The van der Waals surface area contributed by atoms with Crippen molar-refractivity contribution in [2.75, 3.05) is 6.54 Å². The van der Waals surface area contributed by atoms with E-state index in [2.05, 4.69) is 27.6 Å². The summed E-state index contributed by atoms with van der Waals surface area (Å²) in [6.45, 7) is 5.87. The van der Waals surface area contributed by atoms with E-state index in [1.165, 1.54) is 6.92 Å². The summed E-state index contributed by atoms with van der Waals surface area (Å²) in [5.41, 5.74) is 2.59. The van der Waals surface area contributed by atoms with Crippen LogP contribution < -0.4 is 15.4 Å². The van der Waals surface area contributed by atoms with Crippen molar-refractivity contribution in [3.8, 4) is 18.2 Å². The van der Waals surface area contributed by atoms with E-state index in [-0.39, 0.29) is 23.0 Å². The van der Waals surface area contributed by atoms with E-state index in [9.17, 15) is 9.90 Å². The van der Waals surface area contributed by atoms with Gasteiger partial charge in [0.15, 0.2) is 0 Å². The number of hydrogen-bond donors (Lipinski definition) is 3. The molecule has 192 valence electrons. The first-order chi connectivity index (χ1) is 17.1. The van der Waals surface area contributed by atoms with Crippen LogP contribution in [-0.2, 0) is 17.6 Å². The van der Waals surface area contributed by atoms with Gasteiger partial charge < -0.3 is 20.5 Å². The van der Waals surface area contributed by atoms with Crippen LogP contribution in [0.1, 0.15) is 69.2 Å². The fraction of sp³-hybridized carbons (Fsp3) is 0.517. The summed E-state index contributed by atoms with van der Waals surface area (Å²) in [6, 6.07) is 9.14. The number of halogens is 1. The Labute approximate surface area is 219 Å². The summed E-state index contributed by atoms with van der Waals surface area (Å²) in [6.07, 6.45) is 12.0. The molecule has 1 aliphatic carbocycles. The minimum absolute atomic E-state index is 0.0152. The highest BCUT2D eigenvalue weighted by Gasteiger charge is 2.46. The number of benzene rings is 1. The van der Waals surface area contributed by atoms with Crippen LogP contribution in [0.15, 0.2) is 36.5 Å². The highest BCUT2D eigenvalue weighted by Crippen LogP contribution is 2.48. The molecule has 7 heteroatoms. The predicted octanol–water partition coefficient (Wildman–Crippen LogP) is 4.38. The molecule has 6 nitrogen and oxygen atoms in total. The molecule has 1 spiro atoms. The molecule has 1 aromatic carbocycles. The Morgan fingerprint density at radius 2 is 2.06 bits per heavy atom. The molecule has 0 bridgehead atoms. The van der Waals surface area contributed by atoms with E-state index in [0.717, 1.165) is 48.8 Å². The summed E-state index contributed by atoms with van der Waals surface area (Å²) < 4.78 is 6.37. The van der Waals surface area contributed by atoms with E-state index in [1.54, 1.807) is 0 Å². The first-order valence-corrected chi connectivity index (χ1v) is 13.0. The Morgan fingerprint density at radius 3 is 2.67 bits per heavy atom. The Kier molecular flexibility index (Phi) is 7.94. The first-order valence-electron chi connectivity index (χ1n) is 12.7. The van der Waals surface area contributed by atoms with Crippen LogP contribution in [0.25, 0.3) is 0 Å². The lowest BCUT2D eigenvalue weighted by molar-refractivity contribution is -0.120. The van der Waals surface area contributed by atoms with Gasteiger partial charge in [-0.3, -0.25) is 4.79 Å². The smallest absolute Gasteiger partial charge is 0.218 e. The van der Waals surface area contributed by atoms with Gasteiger partial charge in [0.05, 0.1) is 12.1 Å². The number of pyridine rings is 1. The Bertz CT molecular complexity index is 1120. The highest BCUT2D eigenvalue weighted by atomic mass is 35.5. The third-order valence-electron chi connectivity index (χ3n) is 7.30. The van der Waals surface area contributed by atoms with Crippen LogP contribution in [0, 0.1) is 17.8 Å². The number of rotatable bonds is 9. The molecular weight excluding hydrogens is 474 g/mol. The maximum Gasteiger partial charge on any atom is 0.218 e. The van der Waals surface area contributed by atoms with Crippen molar-refractivity contribution >= 4 is 17.5 Å². The van der Waals surface area contributed by atoms with Crippen molar-refractivity contribution in [2.45, 2.75) is 83.1 Å². The highest BCUT2D eigenvalue weighted by molar-refractivity contribution is 6.30. The van der Waals surface area contributed by atoms with Crippen LogP contribution in [0.4, 0.5) is 0 Å². The van der Waals surface area contributed by atoms with Gasteiger partial charge in [0.25, 0.3) is 0 Å². The van der Waals surface area contributed by atoms with E-state index in [1.807, 2.05) is 44.3 Å². The van der Waals surface area contributed by atoms with Crippen molar-refractivity contribution in [1.29, 1.82) is 0 Å². The molecule has 1 fully saturated rings. The molecule has 1 saturated carbocycles. The van der Waals surface area contributed by atoms with Gasteiger partial charge in [-0.1, -0.05) is 23.7 Å². The van der Waals surface area contributed by atoms with Crippen LogP contribution in [-0.4, -0.2) is 40.3 Å². The molecule has 4 rings (SSSR count). The summed E-state index contributed by atoms with van der Waals surface area (Å²) in [5, 5.41) is 18.3. The van der Waals surface area contributed by atoms with Gasteiger partial charge in [-0.15, -0.1) is 12.3 Å². The molecule has 0 radical (unpaired) electrons. The fourth-order valence-electron chi connectivity index (χ4n) is 5.12. The van der Waals surface area contributed by atoms with Crippen molar-refractivity contribution in [1.82, 2.24) is 15.6 Å². The topological polar surface area (TPSA) is 83.5 Å². The molecule has 36 heavy (non-hydrogen) atoms. The molecule has 0 unspecified atom stereocenters. The summed E-state index contributed by atoms with van der Waals surface area (Å²) >= 11 is 6.01. The summed E-state index contributed by atoms with van der Waals surface area (Å²) in [5.74, 6) is 3.34. The zero-order valence-electron chi connectivity index (χ0n) is 21.3. The molecule has 0 saturated heterocycles. The van der Waals surface area contributed by atoms with Gasteiger partial charge >= 0.3 is 0 Å². The number of carbonyl (C=O) groups excluding carboxylic acids is 1. The van der Waals surface area contributed by atoms with Crippen LogP contribution in [0.5, 0.6) is 5.88 Å². The zero-order chi connectivity index (χ0) is 25.9. The molecule has 2 aromatic rings. The van der Waals surface area contributed by atoms with Crippen LogP contribution >= 0.6 is 11.6 Å². The molecule has 3 atom stereocenters. The second-order valence-corrected chi connectivity index (χ2v) is 11.4. The quantitative estimate of drug-likeness (QED) is 0.437. The van der Waals surface area contributed by atoms with Gasteiger partial charge in [0.2, 0.25) is 11.8 Å². The number of nitrogens with zero attached hydrogens (tertiary/aromatic N) is 1. The maximum atomic E-state index is 11.9. The van der Waals surface area contributed by atoms with Crippen molar-refractivity contribution in [2.24, 2.45) is 5.41 Å². The van der Waals surface area contributed by atoms with E-state index < -0.39 is 12.1 Å². The second-order valence-electron chi connectivity index (χ2n) is 11.0. The number of carbonyl (C=O) groups is 1.